The quantitative estimate of drug-likeness (QED) is 0.498. The molecule has 1 aliphatic carbocycles. The van der Waals surface area contributed by atoms with Crippen molar-refractivity contribution < 1.29 is 13.9 Å². The van der Waals surface area contributed by atoms with Crippen molar-refractivity contribution in [1.82, 2.24) is 25.3 Å². The van der Waals surface area contributed by atoms with Gasteiger partial charge in [0.2, 0.25) is 5.91 Å². The van der Waals surface area contributed by atoms with Crippen molar-refractivity contribution in [3.8, 4) is 6.07 Å². The lowest BCUT2D eigenvalue weighted by molar-refractivity contribution is -0.137. The third-order valence-electron chi connectivity index (χ3n) is 10.7. The van der Waals surface area contributed by atoms with Crippen molar-refractivity contribution in [3.63, 3.8) is 0 Å². The van der Waals surface area contributed by atoms with Gasteiger partial charge in [0, 0.05) is 62.5 Å². The van der Waals surface area contributed by atoms with Crippen molar-refractivity contribution in [2.24, 2.45) is 11.3 Å². The average molecular weight is 580 g/mol. The highest BCUT2D eigenvalue weighted by Gasteiger charge is 2.51. The largest absolute Gasteiger partial charge is 0.374 e. The number of likely N-dealkylation sites (tertiary alicyclic amines) is 1. The first-order valence-corrected chi connectivity index (χ1v) is 15.7. The minimum atomic E-state index is -0.298. The molecule has 0 radical (unpaired) electrons. The van der Waals surface area contributed by atoms with Gasteiger partial charge in [0.1, 0.15) is 5.82 Å². The average Bonchev–Trinajstić information content (AvgIpc) is 3.40. The number of nitriles is 1. The number of hydrogen-bond acceptors (Lipinski definition) is 8. The predicted molar refractivity (Wildman–Crippen MR) is 160 cm³/mol. The number of hydrogen-bond donors (Lipinski definition) is 2. The van der Waals surface area contributed by atoms with Crippen molar-refractivity contribution in [3.05, 3.63) is 42.2 Å². The van der Waals surface area contributed by atoms with Gasteiger partial charge in [-0.25, -0.2) is 4.39 Å². The first-order chi connectivity index (χ1) is 20.3. The van der Waals surface area contributed by atoms with Gasteiger partial charge in [0.25, 0.3) is 0 Å². The zero-order valence-corrected chi connectivity index (χ0v) is 25.1. The van der Waals surface area contributed by atoms with Gasteiger partial charge in [0.15, 0.2) is 6.35 Å². The number of nitrogens with zero attached hydrogens (tertiary/aromatic N) is 5. The topological polar surface area (TPSA) is 87.1 Å². The molecule has 0 aromatic heterocycles. The van der Waals surface area contributed by atoms with Crippen LogP contribution in [0.2, 0.25) is 0 Å². The molecule has 6 unspecified atom stereocenters. The second kappa shape index (κ2) is 12.2. The van der Waals surface area contributed by atoms with Gasteiger partial charge >= 0.3 is 0 Å². The summed E-state index contributed by atoms with van der Waals surface area (Å²) in [7, 11) is 4.26. The number of carbonyl (C=O) groups is 1. The smallest absolute Gasteiger partial charge is 0.246 e. The van der Waals surface area contributed by atoms with Gasteiger partial charge in [-0.1, -0.05) is 12.6 Å². The first-order valence-electron chi connectivity index (χ1n) is 15.7. The molecule has 6 rings (SSSR count). The van der Waals surface area contributed by atoms with Crippen LogP contribution in [-0.2, 0) is 16.0 Å². The molecule has 1 aromatic carbocycles. The number of anilines is 1. The third kappa shape index (κ3) is 5.70. The summed E-state index contributed by atoms with van der Waals surface area (Å²) >= 11 is 0. The Hall–Kier alpha value is -2.55. The van der Waals surface area contributed by atoms with Crippen LogP contribution in [0.25, 0.3) is 0 Å². The second-order valence-electron chi connectivity index (χ2n) is 13.3. The maximum atomic E-state index is 15.0. The summed E-state index contributed by atoms with van der Waals surface area (Å²) in [5, 5.41) is 17.2. The molecule has 1 amide bonds. The lowest BCUT2D eigenvalue weighted by Crippen LogP contribution is -2.73. The zero-order valence-electron chi connectivity index (χ0n) is 25.1. The van der Waals surface area contributed by atoms with E-state index in [9.17, 15) is 10.1 Å². The maximum Gasteiger partial charge on any atom is 0.246 e. The van der Waals surface area contributed by atoms with Crippen molar-refractivity contribution >= 4 is 11.6 Å². The monoisotopic (exact) mass is 579 g/mol. The number of halogens is 1. The Morgan fingerprint density at radius 3 is 2.86 bits per heavy atom. The molecule has 10 heteroatoms. The van der Waals surface area contributed by atoms with Crippen molar-refractivity contribution in [2.45, 2.75) is 75.6 Å². The van der Waals surface area contributed by atoms with Crippen LogP contribution < -0.4 is 15.5 Å². The fraction of sp³-hybridized carbons (Fsp3) is 0.688. The molecular weight excluding hydrogens is 533 g/mol. The van der Waals surface area contributed by atoms with E-state index in [2.05, 4.69) is 52.1 Å². The molecule has 0 bridgehead atoms. The van der Waals surface area contributed by atoms with E-state index in [-0.39, 0.29) is 41.7 Å². The molecule has 1 aromatic rings. The van der Waals surface area contributed by atoms with E-state index >= 15 is 4.39 Å². The molecule has 4 aliphatic heterocycles. The molecule has 2 N–H and O–H groups in total. The minimum Gasteiger partial charge on any atom is -0.374 e. The zero-order chi connectivity index (χ0) is 29.4. The highest BCUT2D eigenvalue weighted by Crippen LogP contribution is 2.49. The molecule has 4 heterocycles. The van der Waals surface area contributed by atoms with Crippen LogP contribution in [0, 0.1) is 28.5 Å². The fourth-order valence-electron chi connectivity index (χ4n) is 8.57. The third-order valence-corrected chi connectivity index (χ3v) is 10.7. The van der Waals surface area contributed by atoms with Gasteiger partial charge in [-0.2, -0.15) is 5.26 Å². The second-order valence-corrected chi connectivity index (χ2v) is 13.3. The number of nitrogens with one attached hydrogen (secondary N) is 2. The van der Waals surface area contributed by atoms with E-state index in [0.29, 0.717) is 38.1 Å². The number of benzene rings is 1. The van der Waals surface area contributed by atoms with Crippen molar-refractivity contribution in [1.29, 1.82) is 5.26 Å². The summed E-state index contributed by atoms with van der Waals surface area (Å²) in [5.74, 6) is 0.122. The summed E-state index contributed by atoms with van der Waals surface area (Å²) in [4.78, 5) is 21.4. The standard InChI is InChI=1S/C32H46FN7O2/c1-4-29(41)40-16-15-39(19-22(40)11-13-34)30-24-10-12-32(17-25-26(33)8-5-9-28(25)38(3)21-32)18-27(24)35-31(36-30)42-20-23-7-6-14-37(23)2/h4-5,8-9,22-24,27,30-31,35-36H,1,6-7,10-12,14-21H2,2-3H3/t22?,23?,24?,27?,30?,31?,32-/m0/s1. The summed E-state index contributed by atoms with van der Waals surface area (Å²) in [6.07, 6.45) is 7.51. The van der Waals surface area contributed by atoms with E-state index in [4.69, 9.17) is 4.74 Å². The molecule has 1 saturated carbocycles. The van der Waals surface area contributed by atoms with Gasteiger partial charge in [0.05, 0.1) is 31.3 Å². The molecule has 228 valence electrons. The number of fused-ring (bicyclic) bond motifs is 2. The van der Waals surface area contributed by atoms with Crippen LogP contribution in [-0.4, -0.2) is 105 Å². The lowest BCUT2D eigenvalue weighted by atomic mass is 9.62. The molecule has 3 saturated heterocycles. The molecular formula is C32H46FN7O2. The van der Waals surface area contributed by atoms with E-state index in [1.54, 1.807) is 11.0 Å². The SMILES string of the molecule is C=CC(=O)N1CCN(C2NC(OCC3CCCN3C)NC3C[C@]4(CCC32)Cc2c(F)cccc2N(C)C4)CC1CC#N. The van der Waals surface area contributed by atoms with E-state index in [1.807, 2.05) is 12.1 Å². The van der Waals surface area contributed by atoms with E-state index in [1.165, 1.54) is 12.5 Å². The Labute approximate surface area is 249 Å². The Morgan fingerprint density at radius 2 is 2.10 bits per heavy atom. The summed E-state index contributed by atoms with van der Waals surface area (Å²) < 4.78 is 21.6. The van der Waals surface area contributed by atoms with Crippen LogP contribution >= 0.6 is 0 Å². The number of likely N-dealkylation sites (N-methyl/N-ethyl adjacent to an activating group) is 1. The van der Waals surface area contributed by atoms with E-state index < -0.39 is 0 Å². The molecule has 42 heavy (non-hydrogen) atoms. The van der Waals surface area contributed by atoms with Crippen LogP contribution in [0.1, 0.15) is 44.1 Å². The Bertz CT molecular complexity index is 1210. The van der Waals surface area contributed by atoms with Gasteiger partial charge in [-0.05, 0) is 75.7 Å². The van der Waals surface area contributed by atoms with Crippen LogP contribution in [0.3, 0.4) is 0 Å². The Morgan fingerprint density at radius 1 is 1.24 bits per heavy atom. The van der Waals surface area contributed by atoms with Gasteiger partial charge in [-0.3, -0.25) is 20.3 Å². The number of amides is 1. The molecule has 9 nitrogen and oxygen atoms in total. The summed E-state index contributed by atoms with van der Waals surface area (Å²) in [5.41, 5.74) is 1.85. The Kier molecular flexibility index (Phi) is 8.58. The van der Waals surface area contributed by atoms with Gasteiger partial charge in [-0.15, -0.1) is 0 Å². The molecule has 1 spiro atoms. The lowest BCUT2D eigenvalue weighted by Gasteiger charge is -2.57. The van der Waals surface area contributed by atoms with Crippen molar-refractivity contribution in [2.75, 3.05) is 58.3 Å². The first kappa shape index (κ1) is 29.5. The van der Waals surface area contributed by atoms with Crippen LogP contribution in [0.5, 0.6) is 0 Å². The minimum absolute atomic E-state index is 0.00532. The van der Waals surface area contributed by atoms with E-state index in [0.717, 1.165) is 63.0 Å². The van der Waals surface area contributed by atoms with Crippen LogP contribution in [0.4, 0.5) is 10.1 Å². The number of rotatable bonds is 6. The highest BCUT2D eigenvalue weighted by molar-refractivity contribution is 5.87. The fourth-order valence-corrected chi connectivity index (χ4v) is 8.57. The van der Waals surface area contributed by atoms with Gasteiger partial charge < -0.3 is 19.4 Å². The predicted octanol–water partition coefficient (Wildman–Crippen LogP) is 2.50. The molecule has 5 aliphatic rings. The normalized spacial score (nSPS) is 35.5. The number of piperazine rings is 1. The molecule has 7 atom stereocenters. The summed E-state index contributed by atoms with van der Waals surface area (Å²) in [6, 6.07) is 8.19. The highest BCUT2D eigenvalue weighted by atomic mass is 19.1. The number of ether oxygens (including phenoxy) is 1. The number of carbonyl (C=O) groups excluding carboxylic acids is 1. The maximum absolute atomic E-state index is 15.0. The Balaban J connectivity index is 1.23. The van der Waals surface area contributed by atoms with Crippen LogP contribution in [0.15, 0.2) is 30.9 Å². The summed E-state index contributed by atoms with van der Waals surface area (Å²) in [6.45, 7) is 8.30. The molecule has 4 fully saturated rings.